The molecule has 0 aliphatic carbocycles. The van der Waals surface area contributed by atoms with Gasteiger partial charge in [0.2, 0.25) is 10.6 Å². The van der Waals surface area contributed by atoms with Crippen molar-refractivity contribution in [3.8, 4) is 11.3 Å². The van der Waals surface area contributed by atoms with Crippen molar-refractivity contribution >= 4 is 69.2 Å². The first-order valence-corrected chi connectivity index (χ1v) is 12.0. The number of rotatable bonds is 2. The molecule has 0 radical (unpaired) electrons. The maximum absolute atomic E-state index is 8.73. The molecule has 6 nitrogen and oxygen atoms in total. The first kappa shape index (κ1) is 20.4. The van der Waals surface area contributed by atoms with Crippen molar-refractivity contribution in [3.05, 3.63) is 125 Å². The van der Waals surface area contributed by atoms with Gasteiger partial charge in [0, 0.05) is 16.3 Å². The summed E-state index contributed by atoms with van der Waals surface area (Å²) in [4.78, 5) is 16.1. The summed E-state index contributed by atoms with van der Waals surface area (Å²) in [5.41, 5.74) is 2.09. The summed E-state index contributed by atoms with van der Waals surface area (Å²) in [7, 11) is -1.81. The molecule has 10 heteroatoms. The predicted octanol–water partition coefficient (Wildman–Crippen LogP) is 6.25. The molecule has 0 aliphatic heterocycles. The lowest BCUT2D eigenvalue weighted by atomic mass is 9.81. The highest BCUT2D eigenvalue weighted by Crippen LogP contribution is 2.26. The van der Waals surface area contributed by atoms with Gasteiger partial charge in [0.05, 0.1) is 25.0 Å². The van der Waals surface area contributed by atoms with Crippen molar-refractivity contribution in [3.63, 3.8) is 0 Å². The second-order valence-corrected chi connectivity index (χ2v) is 8.34. The van der Waals surface area contributed by atoms with E-state index in [1.807, 2.05) is 42.5 Å². The van der Waals surface area contributed by atoms with Gasteiger partial charge in [-0.25, -0.2) is 19.9 Å². The topological polar surface area (TPSA) is 92.0 Å². The smallest absolute Gasteiger partial charge is 0.423 e. The van der Waals surface area contributed by atoms with Crippen LogP contribution in [0, 0.1) is 0 Å². The van der Waals surface area contributed by atoms with Gasteiger partial charge in [0.25, 0.3) is 0 Å². The highest BCUT2D eigenvalue weighted by molar-refractivity contribution is 6.58. The zero-order valence-corrected chi connectivity index (χ0v) is 21.6. The minimum absolute atomic E-state index is 0.0226. The fraction of sp³-hybridized carbons (Fsp3) is 0. The quantitative estimate of drug-likeness (QED) is 0.146. The van der Waals surface area contributed by atoms with E-state index < -0.39 is 7.12 Å². The van der Waals surface area contributed by atoms with Crippen LogP contribution < -0.4 is 5.46 Å². The minimum Gasteiger partial charge on any atom is -0.423 e. The molecular formula is C28H20BCl3N4O2. The van der Waals surface area contributed by atoms with E-state index in [0.29, 0.717) is 21.9 Å². The van der Waals surface area contributed by atoms with Crippen LogP contribution in [0.4, 0.5) is 0 Å². The van der Waals surface area contributed by atoms with Crippen LogP contribution in [0.3, 0.4) is 0 Å². The average Bonchev–Trinajstić information content (AvgIpc) is 2.92. The number of hydrogen-bond acceptors (Lipinski definition) is 6. The van der Waals surface area contributed by atoms with E-state index in [9.17, 15) is 0 Å². The van der Waals surface area contributed by atoms with Gasteiger partial charge in [-0.3, -0.25) is 0 Å². The van der Waals surface area contributed by atoms with Gasteiger partial charge in [-0.1, -0.05) is 102 Å². The molecule has 0 spiro atoms. The third kappa shape index (κ3) is 7.25. The monoisotopic (exact) mass is 566 g/mol. The van der Waals surface area contributed by atoms with E-state index in [1.54, 1.807) is 6.07 Å². The summed E-state index contributed by atoms with van der Waals surface area (Å²) in [5, 5.41) is 19.7. The lowest BCUT2D eigenvalue weighted by Gasteiger charge is -2.05. The number of fused-ring (bicyclic) bond motifs is 2. The third-order valence-corrected chi connectivity index (χ3v) is 5.45. The molecule has 2 N–H and O–H groups in total. The standard InChI is InChI=1S/C14H9ClN2.C8H4Cl2N2.C6H7BO2/c15-14-16-12-9-5-4-8-11(12)13(17-14)10-6-2-1-3-7-10;9-7-5-3-1-2-4-6(5)11-8(10)12-7;8-7(9)6-4-2-1-3-5-6/h1-9H;1-4H;1-5,8-9H/i1D,6D,7D;;1D,4D,5D. The average molecular weight is 568 g/mol. The van der Waals surface area contributed by atoms with Gasteiger partial charge in [-0.15, -0.1) is 0 Å². The lowest BCUT2D eigenvalue weighted by Crippen LogP contribution is -2.29. The molecule has 4 aromatic carbocycles. The molecule has 0 saturated heterocycles. The number of nitrogens with zero attached hydrogens (tertiary/aromatic N) is 4. The van der Waals surface area contributed by atoms with Gasteiger partial charge >= 0.3 is 7.12 Å². The van der Waals surface area contributed by atoms with Gasteiger partial charge in [-0.2, -0.15) is 0 Å². The Labute approximate surface area is 243 Å². The summed E-state index contributed by atoms with van der Waals surface area (Å²) < 4.78 is 45.1. The molecule has 188 valence electrons. The molecule has 0 saturated carbocycles. The Morgan fingerprint density at radius 1 is 0.605 bits per heavy atom. The van der Waals surface area contributed by atoms with Crippen molar-refractivity contribution in [1.29, 1.82) is 0 Å². The molecule has 2 heterocycles. The van der Waals surface area contributed by atoms with Crippen LogP contribution >= 0.6 is 34.8 Å². The van der Waals surface area contributed by atoms with E-state index in [-0.39, 0.29) is 52.3 Å². The molecule has 0 atom stereocenters. The molecule has 6 rings (SSSR count). The maximum Gasteiger partial charge on any atom is 0.488 e. The van der Waals surface area contributed by atoms with Crippen molar-refractivity contribution in [2.24, 2.45) is 0 Å². The summed E-state index contributed by atoms with van der Waals surface area (Å²) >= 11 is 17.4. The van der Waals surface area contributed by atoms with Crippen LogP contribution in [0.25, 0.3) is 33.1 Å². The van der Waals surface area contributed by atoms with Crippen molar-refractivity contribution < 1.29 is 18.3 Å². The largest absolute Gasteiger partial charge is 0.488 e. The fourth-order valence-corrected chi connectivity index (χ4v) is 3.80. The SMILES string of the molecule is Clc1nc(Cl)c2ccccc2n1.[2H]c1cc([2H])c(-c2nc(Cl)nc3ccccc23)c([2H])c1.[2H]c1cc([2H])c(B(O)O)c([2H])c1. The second-order valence-electron chi connectivity index (χ2n) is 7.31. The normalized spacial score (nSPS) is 12.4. The molecule has 0 aliphatic rings. The Morgan fingerprint density at radius 2 is 1.11 bits per heavy atom. The predicted molar refractivity (Wildman–Crippen MR) is 156 cm³/mol. The van der Waals surface area contributed by atoms with E-state index in [4.69, 9.17) is 53.1 Å². The molecule has 0 bridgehead atoms. The number of halogens is 3. The fourth-order valence-electron chi connectivity index (χ4n) is 3.17. The van der Waals surface area contributed by atoms with Crippen LogP contribution in [0.15, 0.2) is 109 Å². The van der Waals surface area contributed by atoms with Crippen LogP contribution in [-0.4, -0.2) is 37.1 Å². The molecule has 0 unspecified atom stereocenters. The first-order valence-electron chi connectivity index (χ1n) is 13.9. The van der Waals surface area contributed by atoms with Crippen molar-refractivity contribution in [1.82, 2.24) is 19.9 Å². The van der Waals surface area contributed by atoms with Gasteiger partial charge in [0.1, 0.15) is 5.15 Å². The van der Waals surface area contributed by atoms with Crippen molar-refractivity contribution in [2.45, 2.75) is 0 Å². The summed E-state index contributed by atoms with van der Waals surface area (Å²) in [6, 6.07) is 19.8. The van der Waals surface area contributed by atoms with Crippen LogP contribution in [0.1, 0.15) is 8.22 Å². The van der Waals surface area contributed by atoms with Gasteiger partial charge in [-0.05, 0) is 46.9 Å². The Kier molecular flexibility index (Phi) is 7.13. The van der Waals surface area contributed by atoms with E-state index >= 15 is 0 Å². The molecule has 0 fully saturated rings. The Balaban J connectivity index is 0.000000160. The highest BCUT2D eigenvalue weighted by Gasteiger charge is 2.08. The number of hydrogen-bond donors (Lipinski definition) is 2. The molecule has 38 heavy (non-hydrogen) atoms. The Bertz CT molecular complexity index is 1940. The highest BCUT2D eigenvalue weighted by atomic mass is 35.5. The summed E-state index contributed by atoms with van der Waals surface area (Å²) in [6.45, 7) is 0. The van der Waals surface area contributed by atoms with Crippen LogP contribution in [-0.2, 0) is 0 Å². The summed E-state index contributed by atoms with van der Waals surface area (Å²) in [6.07, 6.45) is 0. The maximum atomic E-state index is 8.73. The van der Waals surface area contributed by atoms with E-state index in [0.717, 1.165) is 28.4 Å². The minimum atomic E-state index is -1.81. The number of para-hydroxylation sites is 2. The number of aromatic nitrogens is 4. The zero-order chi connectivity index (χ0) is 32.1. The Morgan fingerprint density at radius 3 is 1.71 bits per heavy atom. The van der Waals surface area contributed by atoms with Gasteiger partial charge < -0.3 is 10.0 Å². The molecule has 2 aromatic heterocycles. The van der Waals surface area contributed by atoms with E-state index in [1.165, 1.54) is 12.1 Å². The third-order valence-electron chi connectivity index (χ3n) is 4.82. The molecule has 6 aromatic rings. The van der Waals surface area contributed by atoms with Gasteiger partial charge in [0.15, 0.2) is 0 Å². The Hall–Kier alpha value is -3.59. The second kappa shape index (κ2) is 13.3. The molecule has 0 amide bonds. The summed E-state index contributed by atoms with van der Waals surface area (Å²) in [5.74, 6) is 0. The zero-order valence-electron chi connectivity index (χ0n) is 25.3. The van der Waals surface area contributed by atoms with Crippen LogP contribution in [0.2, 0.25) is 15.7 Å². The van der Waals surface area contributed by atoms with Crippen LogP contribution in [0.5, 0.6) is 0 Å². The molecular weight excluding hydrogens is 542 g/mol. The number of benzene rings is 4. The van der Waals surface area contributed by atoms with E-state index in [2.05, 4.69) is 19.9 Å². The first-order chi connectivity index (χ1) is 20.8. The lowest BCUT2D eigenvalue weighted by molar-refractivity contribution is 0.426. The van der Waals surface area contributed by atoms with Crippen molar-refractivity contribution in [2.75, 3.05) is 0 Å².